The van der Waals surface area contributed by atoms with Crippen LogP contribution in [0.4, 0.5) is 0 Å². The highest BCUT2D eigenvalue weighted by molar-refractivity contribution is 6.15. The number of amides is 1. The molecular formula is C23H26N2O6. The normalized spacial score (nSPS) is 19.4. The first-order valence-corrected chi connectivity index (χ1v) is 10.3. The summed E-state index contributed by atoms with van der Waals surface area (Å²) in [4.78, 5) is 30.0. The fourth-order valence-corrected chi connectivity index (χ4v) is 4.28. The zero-order valence-electron chi connectivity index (χ0n) is 17.7. The highest BCUT2D eigenvalue weighted by Crippen LogP contribution is 2.41. The van der Waals surface area contributed by atoms with Crippen LogP contribution in [0.5, 0.6) is 11.5 Å². The number of carbonyl (C=O) groups is 2. The Morgan fingerprint density at radius 2 is 1.87 bits per heavy atom. The minimum atomic E-state index is -0.757. The Hall–Kier alpha value is -3.26. The SMILES string of the molecule is COc1ccc(C2C(C(=O)c3ccco3)=C(O)C(=O)N2CCN2CCCC2)cc1OC. The Bertz CT molecular complexity index is 992. The molecule has 164 valence electrons. The highest BCUT2D eigenvalue weighted by atomic mass is 16.5. The summed E-state index contributed by atoms with van der Waals surface area (Å²) in [5, 5.41) is 10.7. The van der Waals surface area contributed by atoms with Crippen molar-refractivity contribution in [2.45, 2.75) is 18.9 Å². The first-order valence-electron chi connectivity index (χ1n) is 10.3. The van der Waals surface area contributed by atoms with Crippen LogP contribution < -0.4 is 9.47 Å². The molecule has 8 nitrogen and oxygen atoms in total. The maximum absolute atomic E-state index is 13.2. The van der Waals surface area contributed by atoms with Gasteiger partial charge in [-0.15, -0.1) is 0 Å². The lowest BCUT2D eigenvalue weighted by atomic mass is 9.94. The number of likely N-dealkylation sites (tertiary alicyclic amines) is 1. The lowest BCUT2D eigenvalue weighted by Crippen LogP contribution is -2.37. The number of hydrogen-bond donors (Lipinski definition) is 1. The van der Waals surface area contributed by atoms with Crippen molar-refractivity contribution in [2.24, 2.45) is 0 Å². The van der Waals surface area contributed by atoms with Crippen LogP contribution in [0, 0.1) is 0 Å². The highest BCUT2D eigenvalue weighted by Gasteiger charge is 2.44. The van der Waals surface area contributed by atoms with Crippen molar-refractivity contribution in [1.29, 1.82) is 0 Å². The molecule has 1 unspecified atom stereocenters. The van der Waals surface area contributed by atoms with E-state index in [9.17, 15) is 14.7 Å². The summed E-state index contributed by atoms with van der Waals surface area (Å²) < 4.78 is 16.0. The number of carbonyl (C=O) groups excluding carboxylic acids is 2. The van der Waals surface area contributed by atoms with Gasteiger partial charge in [0.15, 0.2) is 23.0 Å². The van der Waals surface area contributed by atoms with Crippen molar-refractivity contribution < 1.29 is 28.6 Å². The summed E-state index contributed by atoms with van der Waals surface area (Å²) in [6, 6.07) is 7.59. The number of methoxy groups -OCH3 is 2. The number of Topliss-reactive ketones (excluding diaryl/α,β-unsaturated/α-hetero) is 1. The predicted molar refractivity (Wildman–Crippen MR) is 112 cm³/mol. The maximum Gasteiger partial charge on any atom is 0.290 e. The molecule has 0 bridgehead atoms. The second kappa shape index (κ2) is 8.85. The van der Waals surface area contributed by atoms with E-state index in [0.717, 1.165) is 25.9 Å². The molecule has 3 heterocycles. The number of aliphatic hydroxyl groups is 1. The van der Waals surface area contributed by atoms with Gasteiger partial charge in [-0.05, 0) is 55.8 Å². The van der Waals surface area contributed by atoms with Gasteiger partial charge in [0.25, 0.3) is 5.91 Å². The third kappa shape index (κ3) is 3.90. The van der Waals surface area contributed by atoms with Crippen molar-refractivity contribution in [1.82, 2.24) is 9.80 Å². The monoisotopic (exact) mass is 426 g/mol. The molecule has 1 fully saturated rings. The number of benzene rings is 1. The molecule has 1 saturated heterocycles. The lowest BCUT2D eigenvalue weighted by Gasteiger charge is -2.29. The zero-order valence-corrected chi connectivity index (χ0v) is 17.7. The Morgan fingerprint density at radius 1 is 1.13 bits per heavy atom. The summed E-state index contributed by atoms with van der Waals surface area (Å²) in [5.74, 6) is -0.536. The molecule has 4 rings (SSSR count). The predicted octanol–water partition coefficient (Wildman–Crippen LogP) is 2.97. The minimum absolute atomic E-state index is 0.00796. The molecule has 2 aromatic rings. The molecule has 0 saturated carbocycles. The van der Waals surface area contributed by atoms with Gasteiger partial charge >= 0.3 is 0 Å². The molecule has 31 heavy (non-hydrogen) atoms. The Morgan fingerprint density at radius 3 is 2.52 bits per heavy atom. The molecule has 0 spiro atoms. The van der Waals surface area contributed by atoms with Gasteiger partial charge in [0.05, 0.1) is 32.1 Å². The van der Waals surface area contributed by atoms with Crippen molar-refractivity contribution >= 4 is 11.7 Å². The molecule has 2 aliphatic rings. The topological polar surface area (TPSA) is 92.5 Å². The standard InChI is InChI=1S/C23H26N2O6/c1-29-16-8-7-15(14-18(16)30-2)20-19(21(26)17-6-5-13-31-17)22(27)23(28)25(20)12-11-24-9-3-4-10-24/h5-8,13-14,20,27H,3-4,9-12H2,1-2H3. The molecule has 8 heteroatoms. The number of nitrogens with zero attached hydrogens (tertiary/aromatic N) is 2. The summed E-state index contributed by atoms with van der Waals surface area (Å²) in [5.41, 5.74) is 0.653. The summed E-state index contributed by atoms with van der Waals surface area (Å²) in [6.07, 6.45) is 3.66. The van der Waals surface area contributed by atoms with Crippen LogP contribution in [-0.2, 0) is 4.79 Å². The van der Waals surface area contributed by atoms with E-state index in [1.165, 1.54) is 26.5 Å². The van der Waals surface area contributed by atoms with Gasteiger partial charge in [0.1, 0.15) is 0 Å². The number of aliphatic hydroxyl groups excluding tert-OH is 1. The largest absolute Gasteiger partial charge is 0.503 e. The van der Waals surface area contributed by atoms with Gasteiger partial charge in [0, 0.05) is 13.1 Å². The average Bonchev–Trinajstić information content (AvgIpc) is 3.54. The van der Waals surface area contributed by atoms with E-state index in [-0.39, 0.29) is 11.3 Å². The smallest absolute Gasteiger partial charge is 0.290 e. The molecule has 2 aliphatic heterocycles. The van der Waals surface area contributed by atoms with Gasteiger partial charge in [-0.3, -0.25) is 9.59 Å². The fourth-order valence-electron chi connectivity index (χ4n) is 4.28. The minimum Gasteiger partial charge on any atom is -0.503 e. The van der Waals surface area contributed by atoms with Crippen molar-refractivity contribution in [3.63, 3.8) is 0 Å². The van der Waals surface area contributed by atoms with E-state index in [4.69, 9.17) is 13.9 Å². The number of rotatable bonds is 8. The zero-order chi connectivity index (χ0) is 22.0. The molecule has 0 aliphatic carbocycles. The molecule has 1 aromatic carbocycles. The third-order valence-electron chi connectivity index (χ3n) is 5.87. The van der Waals surface area contributed by atoms with E-state index >= 15 is 0 Å². The summed E-state index contributed by atoms with van der Waals surface area (Å²) in [6.45, 7) is 3.03. The Labute approximate surface area is 180 Å². The van der Waals surface area contributed by atoms with Gasteiger partial charge in [-0.2, -0.15) is 0 Å². The summed E-state index contributed by atoms with van der Waals surface area (Å²) in [7, 11) is 3.06. The summed E-state index contributed by atoms with van der Waals surface area (Å²) >= 11 is 0. The van der Waals surface area contributed by atoms with E-state index in [1.54, 1.807) is 29.2 Å². The van der Waals surface area contributed by atoms with Crippen LogP contribution in [0.2, 0.25) is 0 Å². The van der Waals surface area contributed by atoms with Crippen molar-refractivity contribution in [3.8, 4) is 11.5 Å². The molecule has 1 aromatic heterocycles. The van der Waals surface area contributed by atoms with E-state index in [1.807, 2.05) is 0 Å². The number of ketones is 1. The van der Waals surface area contributed by atoms with E-state index in [0.29, 0.717) is 30.2 Å². The van der Waals surface area contributed by atoms with Crippen LogP contribution in [0.1, 0.15) is 35.0 Å². The second-order valence-electron chi connectivity index (χ2n) is 7.63. The van der Waals surface area contributed by atoms with Crippen LogP contribution in [0.15, 0.2) is 52.3 Å². The number of furan rings is 1. The fraction of sp³-hybridized carbons (Fsp3) is 0.391. The molecule has 1 atom stereocenters. The van der Waals surface area contributed by atoms with Gasteiger partial charge < -0.3 is 28.8 Å². The lowest BCUT2D eigenvalue weighted by molar-refractivity contribution is -0.129. The maximum atomic E-state index is 13.2. The quantitative estimate of drug-likeness (QED) is 0.649. The number of hydrogen-bond acceptors (Lipinski definition) is 7. The molecule has 1 N–H and O–H groups in total. The third-order valence-corrected chi connectivity index (χ3v) is 5.87. The van der Waals surface area contributed by atoms with Crippen LogP contribution in [0.25, 0.3) is 0 Å². The Balaban J connectivity index is 1.73. The van der Waals surface area contributed by atoms with E-state index in [2.05, 4.69) is 4.90 Å². The van der Waals surface area contributed by atoms with Crippen LogP contribution >= 0.6 is 0 Å². The first-order chi connectivity index (χ1) is 15.0. The molecular weight excluding hydrogens is 400 g/mol. The van der Waals surface area contributed by atoms with Gasteiger partial charge in [-0.25, -0.2) is 0 Å². The van der Waals surface area contributed by atoms with Crippen molar-refractivity contribution in [2.75, 3.05) is 40.4 Å². The number of ether oxygens (including phenoxy) is 2. The molecule has 0 radical (unpaired) electrons. The van der Waals surface area contributed by atoms with Gasteiger partial charge in [0.2, 0.25) is 5.78 Å². The van der Waals surface area contributed by atoms with E-state index < -0.39 is 23.5 Å². The van der Waals surface area contributed by atoms with Gasteiger partial charge in [-0.1, -0.05) is 6.07 Å². The van der Waals surface area contributed by atoms with Crippen LogP contribution in [-0.4, -0.2) is 67.0 Å². The Kier molecular flexibility index (Phi) is 5.99. The van der Waals surface area contributed by atoms with Crippen molar-refractivity contribution in [3.05, 3.63) is 59.3 Å². The average molecular weight is 426 g/mol. The molecule has 1 amide bonds. The second-order valence-corrected chi connectivity index (χ2v) is 7.63. The first kappa shape index (κ1) is 21.0. The van der Waals surface area contributed by atoms with Crippen LogP contribution in [0.3, 0.4) is 0 Å².